The first kappa shape index (κ1) is 26.6. The zero-order valence-corrected chi connectivity index (χ0v) is 21.2. The quantitative estimate of drug-likeness (QED) is 0.320. The van der Waals surface area contributed by atoms with Gasteiger partial charge in [0, 0.05) is 24.3 Å². The van der Waals surface area contributed by atoms with Crippen molar-refractivity contribution < 1.29 is 24.1 Å². The molecule has 0 spiro atoms. The van der Waals surface area contributed by atoms with Gasteiger partial charge in [-0.15, -0.1) is 0 Å². The molecule has 0 fully saturated rings. The maximum Gasteiger partial charge on any atom is 0.354 e. The van der Waals surface area contributed by atoms with E-state index in [9.17, 15) is 14.4 Å². The summed E-state index contributed by atoms with van der Waals surface area (Å²) in [5.74, 6) is -0.663. The molecule has 196 valence electrons. The number of ether oxygens (including phenoxy) is 3. The molecule has 12 heteroatoms. The van der Waals surface area contributed by atoms with Gasteiger partial charge in [-0.2, -0.15) is 0 Å². The molecule has 1 aromatic carbocycles. The van der Waals surface area contributed by atoms with Crippen molar-refractivity contribution in [3.8, 4) is 23.4 Å². The molecule has 0 aliphatic rings. The lowest BCUT2D eigenvalue weighted by Crippen LogP contribution is -2.40. The first-order chi connectivity index (χ1) is 18.2. The summed E-state index contributed by atoms with van der Waals surface area (Å²) in [5, 5.41) is 9.68. The maximum atomic E-state index is 13.3. The highest BCUT2D eigenvalue weighted by molar-refractivity contribution is 6.30. The Hall–Kier alpha value is -4.48. The van der Waals surface area contributed by atoms with Gasteiger partial charge in [-0.25, -0.2) is 19.6 Å². The summed E-state index contributed by atoms with van der Waals surface area (Å²) < 4.78 is 19.0. The third kappa shape index (κ3) is 6.25. The SMILES string of the molecule is COCCn1c(=O)cc(Oc2ccc(Oc3cccc(C(=O)O)n3)c(C)n2)n(Cc2ccc(Cl)cc2)c1=O. The van der Waals surface area contributed by atoms with E-state index in [4.69, 9.17) is 30.9 Å². The molecule has 11 nitrogen and oxygen atoms in total. The molecule has 3 aromatic heterocycles. The van der Waals surface area contributed by atoms with Crippen LogP contribution in [0.15, 0.2) is 70.3 Å². The minimum Gasteiger partial charge on any atom is -0.477 e. The first-order valence-electron chi connectivity index (χ1n) is 11.4. The monoisotopic (exact) mass is 538 g/mol. The van der Waals surface area contributed by atoms with Crippen molar-refractivity contribution in [2.24, 2.45) is 0 Å². The number of aromatic carboxylic acids is 1. The second kappa shape index (κ2) is 11.7. The van der Waals surface area contributed by atoms with Crippen molar-refractivity contribution in [3.63, 3.8) is 0 Å². The molecule has 38 heavy (non-hydrogen) atoms. The summed E-state index contributed by atoms with van der Waals surface area (Å²) in [6.45, 7) is 2.04. The number of aryl methyl sites for hydroxylation is 1. The lowest BCUT2D eigenvalue weighted by Gasteiger charge is -2.16. The van der Waals surface area contributed by atoms with E-state index >= 15 is 0 Å². The summed E-state index contributed by atoms with van der Waals surface area (Å²) >= 11 is 5.99. The number of aromatic nitrogens is 4. The number of hydrogen-bond acceptors (Lipinski definition) is 8. The predicted molar refractivity (Wildman–Crippen MR) is 138 cm³/mol. The van der Waals surface area contributed by atoms with Crippen molar-refractivity contribution in [1.82, 2.24) is 19.1 Å². The molecule has 0 aliphatic heterocycles. The van der Waals surface area contributed by atoms with Gasteiger partial charge < -0.3 is 19.3 Å². The van der Waals surface area contributed by atoms with E-state index < -0.39 is 17.2 Å². The standard InChI is InChI=1S/C26H23ClN4O7/c1-16-20(37-21-5-3-4-19(29-21)25(33)34)10-11-22(28-16)38-24-14-23(32)30(12-13-36-2)26(35)31(24)15-17-6-8-18(27)9-7-17/h3-11,14H,12-13,15H2,1-2H3,(H,33,34). The average Bonchev–Trinajstić information content (AvgIpc) is 2.89. The molecule has 4 rings (SSSR count). The summed E-state index contributed by atoms with van der Waals surface area (Å²) in [6, 6.07) is 15.6. The third-order valence-electron chi connectivity index (χ3n) is 5.39. The fraction of sp³-hybridized carbons (Fsp3) is 0.192. The van der Waals surface area contributed by atoms with E-state index in [0.717, 1.165) is 10.1 Å². The number of carboxylic acids is 1. The predicted octanol–water partition coefficient (Wildman–Crippen LogP) is 3.74. The van der Waals surface area contributed by atoms with Crippen LogP contribution < -0.4 is 20.7 Å². The molecule has 0 radical (unpaired) electrons. The van der Waals surface area contributed by atoms with Crippen LogP contribution in [0.2, 0.25) is 5.02 Å². The number of carboxylic acid groups (broad SMARTS) is 1. The molecule has 0 saturated carbocycles. The number of methoxy groups -OCH3 is 1. The van der Waals surface area contributed by atoms with Gasteiger partial charge in [0.05, 0.1) is 31.5 Å². The molecule has 3 heterocycles. The summed E-state index contributed by atoms with van der Waals surface area (Å²) in [6.07, 6.45) is 0. The van der Waals surface area contributed by atoms with Crippen LogP contribution >= 0.6 is 11.6 Å². The van der Waals surface area contributed by atoms with Gasteiger partial charge in [-0.3, -0.25) is 13.9 Å². The highest BCUT2D eigenvalue weighted by atomic mass is 35.5. The fourth-order valence-electron chi connectivity index (χ4n) is 3.49. The number of pyridine rings is 2. The number of rotatable bonds is 10. The van der Waals surface area contributed by atoms with Gasteiger partial charge in [0.15, 0.2) is 11.4 Å². The molecular weight excluding hydrogens is 516 g/mol. The Kier molecular flexibility index (Phi) is 8.19. The molecule has 0 unspecified atom stereocenters. The minimum atomic E-state index is -1.18. The van der Waals surface area contributed by atoms with E-state index in [1.807, 2.05) is 0 Å². The van der Waals surface area contributed by atoms with Gasteiger partial charge in [0.25, 0.3) is 5.56 Å². The van der Waals surface area contributed by atoms with Gasteiger partial charge in [-0.1, -0.05) is 29.8 Å². The molecule has 0 aliphatic carbocycles. The summed E-state index contributed by atoms with van der Waals surface area (Å²) in [5.41, 5.74) is -0.102. The lowest BCUT2D eigenvalue weighted by molar-refractivity contribution is 0.0689. The van der Waals surface area contributed by atoms with Crippen LogP contribution in [0.3, 0.4) is 0 Å². The van der Waals surface area contributed by atoms with Crippen LogP contribution in [-0.4, -0.2) is 43.9 Å². The minimum absolute atomic E-state index is 0.0000104. The number of carbonyl (C=O) groups is 1. The molecule has 0 bridgehead atoms. The highest BCUT2D eigenvalue weighted by Crippen LogP contribution is 2.27. The Labute approximate surface area is 221 Å². The van der Waals surface area contributed by atoms with Crippen LogP contribution in [0.4, 0.5) is 0 Å². The van der Waals surface area contributed by atoms with Gasteiger partial charge in [0.2, 0.25) is 17.6 Å². The second-order valence-corrected chi connectivity index (χ2v) is 8.50. The Bertz CT molecular complexity index is 1580. The smallest absolute Gasteiger partial charge is 0.354 e. The van der Waals surface area contributed by atoms with Crippen LogP contribution in [0, 0.1) is 6.92 Å². The zero-order valence-electron chi connectivity index (χ0n) is 20.5. The van der Waals surface area contributed by atoms with Crippen LogP contribution in [0.1, 0.15) is 21.7 Å². The largest absolute Gasteiger partial charge is 0.477 e. The van der Waals surface area contributed by atoms with E-state index in [1.54, 1.807) is 37.3 Å². The van der Waals surface area contributed by atoms with Gasteiger partial charge in [0.1, 0.15) is 0 Å². The summed E-state index contributed by atoms with van der Waals surface area (Å²) in [7, 11) is 1.48. The molecule has 0 saturated heterocycles. The van der Waals surface area contributed by atoms with E-state index in [1.165, 1.54) is 42.0 Å². The Morgan fingerprint density at radius 2 is 1.71 bits per heavy atom. The van der Waals surface area contributed by atoms with Crippen molar-refractivity contribution in [2.75, 3.05) is 13.7 Å². The maximum absolute atomic E-state index is 13.3. The Balaban J connectivity index is 1.65. The summed E-state index contributed by atoms with van der Waals surface area (Å²) in [4.78, 5) is 45.4. The normalized spacial score (nSPS) is 10.8. The van der Waals surface area contributed by atoms with E-state index in [-0.39, 0.29) is 43.0 Å². The van der Waals surface area contributed by atoms with Crippen LogP contribution in [0.5, 0.6) is 23.4 Å². The first-order valence-corrected chi connectivity index (χ1v) is 11.7. The fourth-order valence-corrected chi connectivity index (χ4v) is 3.61. The van der Waals surface area contributed by atoms with Crippen molar-refractivity contribution in [3.05, 3.63) is 103 Å². The Morgan fingerprint density at radius 1 is 0.974 bits per heavy atom. The molecular formula is C26H23ClN4O7. The zero-order chi connectivity index (χ0) is 27.2. The second-order valence-electron chi connectivity index (χ2n) is 8.06. The third-order valence-corrected chi connectivity index (χ3v) is 5.64. The number of nitrogens with zero attached hydrogens (tertiary/aromatic N) is 4. The van der Waals surface area contributed by atoms with Crippen molar-refractivity contribution >= 4 is 17.6 Å². The topological polar surface area (TPSA) is 135 Å². The molecule has 0 atom stereocenters. The van der Waals surface area contributed by atoms with Crippen molar-refractivity contribution in [1.29, 1.82) is 0 Å². The highest BCUT2D eigenvalue weighted by Gasteiger charge is 2.16. The van der Waals surface area contributed by atoms with Crippen molar-refractivity contribution in [2.45, 2.75) is 20.0 Å². The van der Waals surface area contributed by atoms with E-state index in [2.05, 4.69) is 9.97 Å². The molecule has 1 N–H and O–H groups in total. The molecule has 4 aromatic rings. The van der Waals surface area contributed by atoms with Gasteiger partial charge in [-0.05, 0) is 36.8 Å². The molecule has 0 amide bonds. The lowest BCUT2D eigenvalue weighted by atomic mass is 10.2. The van der Waals surface area contributed by atoms with Crippen LogP contribution in [0.25, 0.3) is 0 Å². The van der Waals surface area contributed by atoms with Gasteiger partial charge >= 0.3 is 11.7 Å². The Morgan fingerprint density at radius 3 is 2.39 bits per heavy atom. The number of halogens is 1. The number of benzene rings is 1. The average molecular weight is 539 g/mol. The van der Waals surface area contributed by atoms with E-state index in [0.29, 0.717) is 16.5 Å². The number of hydrogen-bond donors (Lipinski definition) is 1. The van der Waals surface area contributed by atoms with Crippen LogP contribution in [-0.2, 0) is 17.8 Å².